The van der Waals surface area contributed by atoms with Crippen LogP contribution in [0.4, 0.5) is 11.4 Å². The molecule has 0 aliphatic heterocycles. The van der Waals surface area contributed by atoms with E-state index < -0.39 is 0 Å². The third-order valence-corrected chi connectivity index (χ3v) is 5.10. The van der Waals surface area contributed by atoms with E-state index in [9.17, 15) is 9.59 Å². The molecule has 0 unspecified atom stereocenters. The molecule has 2 amide bonds. The van der Waals surface area contributed by atoms with E-state index in [2.05, 4.69) is 4.74 Å². The van der Waals surface area contributed by atoms with Crippen LogP contribution in [0.1, 0.15) is 36.8 Å². The fourth-order valence-corrected chi connectivity index (χ4v) is 3.18. The number of hydrogen-bond acceptors (Lipinski definition) is 5. The van der Waals surface area contributed by atoms with Crippen LogP contribution < -0.4 is 10.6 Å². The standard InChI is InChI=1S/C20H22Cl2N2O2.C4H10O3/c21-13-15-5-9-17(10-6-15)24(18-11-7-16(14-22)8-12-18)20(26)4-2-1-3-19(23)25;5-1-3-7-4-2-6/h5-12H,1-4,13-14H2,(H2,23,25);5-6H,1-4H2. The van der Waals surface area contributed by atoms with Gasteiger partial charge < -0.3 is 20.7 Å². The second-order valence-electron chi connectivity index (χ2n) is 7.06. The Morgan fingerprint density at radius 3 is 1.58 bits per heavy atom. The topological polar surface area (TPSA) is 113 Å². The number of benzene rings is 2. The minimum Gasteiger partial charge on any atom is -0.394 e. The molecule has 9 heteroatoms. The van der Waals surface area contributed by atoms with Crippen LogP contribution in [0, 0.1) is 0 Å². The number of unbranched alkanes of at least 4 members (excludes halogenated alkanes) is 1. The van der Waals surface area contributed by atoms with Gasteiger partial charge in [-0.3, -0.25) is 14.5 Å². The van der Waals surface area contributed by atoms with Crippen molar-refractivity contribution in [1.82, 2.24) is 0 Å². The number of carbonyl (C=O) groups excluding carboxylic acids is 2. The minimum atomic E-state index is -0.345. The van der Waals surface area contributed by atoms with Crippen LogP contribution in [0.3, 0.4) is 0 Å². The number of anilines is 2. The molecular weight excluding hydrogens is 467 g/mol. The summed E-state index contributed by atoms with van der Waals surface area (Å²) in [5, 5.41) is 16.2. The summed E-state index contributed by atoms with van der Waals surface area (Å²) in [6.07, 6.45) is 1.84. The van der Waals surface area contributed by atoms with Crippen LogP contribution in [0.15, 0.2) is 48.5 Å². The van der Waals surface area contributed by atoms with Crippen LogP contribution >= 0.6 is 23.2 Å². The molecule has 0 heterocycles. The summed E-state index contributed by atoms with van der Waals surface area (Å²) in [7, 11) is 0. The summed E-state index contributed by atoms with van der Waals surface area (Å²) in [5.74, 6) is 0.465. The van der Waals surface area contributed by atoms with Gasteiger partial charge in [-0.1, -0.05) is 24.3 Å². The fraction of sp³-hybridized carbons (Fsp3) is 0.417. The number of aliphatic hydroxyl groups excluding tert-OH is 2. The van der Waals surface area contributed by atoms with E-state index in [-0.39, 0.29) is 25.0 Å². The number of aliphatic hydroxyl groups is 2. The summed E-state index contributed by atoms with van der Waals surface area (Å²) >= 11 is 11.7. The van der Waals surface area contributed by atoms with Crippen molar-refractivity contribution in [2.75, 3.05) is 31.3 Å². The highest BCUT2D eigenvalue weighted by molar-refractivity contribution is 6.17. The van der Waals surface area contributed by atoms with Crippen LogP contribution in [0.2, 0.25) is 0 Å². The molecule has 0 fully saturated rings. The van der Waals surface area contributed by atoms with E-state index in [0.29, 0.717) is 50.7 Å². The number of primary amides is 1. The lowest BCUT2D eigenvalue weighted by Gasteiger charge is -2.23. The van der Waals surface area contributed by atoms with Gasteiger partial charge in [0.25, 0.3) is 0 Å². The van der Waals surface area contributed by atoms with E-state index in [1.54, 1.807) is 4.90 Å². The number of ether oxygens (including phenoxy) is 1. The van der Waals surface area contributed by atoms with Crippen molar-refractivity contribution in [3.05, 3.63) is 59.7 Å². The smallest absolute Gasteiger partial charge is 0.231 e. The van der Waals surface area contributed by atoms with Crippen molar-refractivity contribution in [2.24, 2.45) is 5.73 Å². The maximum Gasteiger partial charge on any atom is 0.231 e. The zero-order valence-electron chi connectivity index (χ0n) is 18.6. The lowest BCUT2D eigenvalue weighted by molar-refractivity contribution is -0.119. The maximum atomic E-state index is 12.9. The largest absolute Gasteiger partial charge is 0.394 e. The van der Waals surface area contributed by atoms with E-state index in [0.717, 1.165) is 22.5 Å². The number of halogens is 2. The van der Waals surface area contributed by atoms with Crippen LogP contribution in [0.25, 0.3) is 0 Å². The van der Waals surface area contributed by atoms with E-state index in [1.165, 1.54) is 0 Å². The third-order valence-electron chi connectivity index (χ3n) is 4.48. The molecular formula is C24H32Cl2N2O5. The zero-order chi connectivity index (χ0) is 24.5. The lowest BCUT2D eigenvalue weighted by atomic mass is 10.1. The highest BCUT2D eigenvalue weighted by Gasteiger charge is 2.18. The first-order valence-electron chi connectivity index (χ1n) is 10.7. The van der Waals surface area contributed by atoms with Crippen molar-refractivity contribution in [1.29, 1.82) is 0 Å². The maximum absolute atomic E-state index is 12.9. The molecule has 0 radical (unpaired) electrons. The van der Waals surface area contributed by atoms with Crippen LogP contribution in [-0.2, 0) is 26.1 Å². The van der Waals surface area contributed by atoms with E-state index in [1.807, 2.05) is 48.5 Å². The Kier molecular flexibility index (Phi) is 15.2. The second-order valence-corrected chi connectivity index (χ2v) is 7.60. The van der Waals surface area contributed by atoms with Gasteiger partial charge in [0.05, 0.1) is 26.4 Å². The van der Waals surface area contributed by atoms with Crippen molar-refractivity contribution in [3.8, 4) is 0 Å². The van der Waals surface area contributed by atoms with Gasteiger partial charge in [0.15, 0.2) is 0 Å². The first kappa shape index (κ1) is 28.9. The molecule has 7 nitrogen and oxygen atoms in total. The Hall–Kier alpha value is -2.16. The average molecular weight is 499 g/mol. The Morgan fingerprint density at radius 2 is 1.21 bits per heavy atom. The van der Waals surface area contributed by atoms with E-state index >= 15 is 0 Å². The molecule has 0 atom stereocenters. The summed E-state index contributed by atoms with van der Waals surface area (Å²) in [4.78, 5) is 25.4. The summed E-state index contributed by atoms with van der Waals surface area (Å²) in [6.45, 7) is 0.696. The molecule has 0 aromatic heterocycles. The van der Waals surface area contributed by atoms with Gasteiger partial charge in [0.1, 0.15) is 0 Å². The molecule has 4 N–H and O–H groups in total. The number of amides is 2. The second kappa shape index (κ2) is 17.3. The monoisotopic (exact) mass is 498 g/mol. The highest BCUT2D eigenvalue weighted by Crippen LogP contribution is 2.28. The number of carbonyl (C=O) groups is 2. The van der Waals surface area contributed by atoms with Gasteiger partial charge in [-0.15, -0.1) is 23.2 Å². The number of nitrogens with two attached hydrogens (primary N) is 1. The van der Waals surface area contributed by atoms with Crippen LogP contribution in [0.5, 0.6) is 0 Å². The first-order chi connectivity index (χ1) is 16.0. The molecule has 2 rings (SSSR count). The Labute approximate surface area is 205 Å². The van der Waals surface area contributed by atoms with Crippen molar-refractivity contribution in [3.63, 3.8) is 0 Å². The Balaban J connectivity index is 0.000000675. The number of alkyl halides is 2. The van der Waals surface area contributed by atoms with Gasteiger partial charge in [-0.05, 0) is 48.2 Å². The molecule has 0 saturated heterocycles. The van der Waals surface area contributed by atoms with E-state index in [4.69, 9.17) is 39.1 Å². The van der Waals surface area contributed by atoms with Crippen molar-refractivity contribution < 1.29 is 24.5 Å². The Bertz CT molecular complexity index is 765. The minimum absolute atomic E-state index is 0.0278. The molecule has 2 aromatic carbocycles. The van der Waals surface area contributed by atoms with Gasteiger partial charge >= 0.3 is 0 Å². The normalized spacial score (nSPS) is 10.3. The Morgan fingerprint density at radius 1 is 0.788 bits per heavy atom. The molecule has 0 aliphatic carbocycles. The van der Waals surface area contributed by atoms with Gasteiger partial charge in [0.2, 0.25) is 11.8 Å². The van der Waals surface area contributed by atoms with Gasteiger partial charge in [-0.25, -0.2) is 0 Å². The van der Waals surface area contributed by atoms with Crippen molar-refractivity contribution in [2.45, 2.75) is 37.4 Å². The molecule has 0 saturated carbocycles. The number of nitrogens with zero attached hydrogens (tertiary/aromatic N) is 1. The number of rotatable bonds is 13. The summed E-state index contributed by atoms with van der Waals surface area (Å²) < 4.78 is 4.63. The quantitative estimate of drug-likeness (QED) is 0.286. The predicted octanol–water partition coefficient (Wildman–Crippen LogP) is 3.86. The average Bonchev–Trinajstić information content (AvgIpc) is 2.83. The zero-order valence-corrected chi connectivity index (χ0v) is 20.1. The third kappa shape index (κ3) is 11.5. The summed E-state index contributed by atoms with van der Waals surface area (Å²) in [5.41, 5.74) is 8.68. The van der Waals surface area contributed by atoms with Gasteiger partial charge in [0, 0.05) is 36.0 Å². The van der Waals surface area contributed by atoms with Crippen molar-refractivity contribution >= 4 is 46.4 Å². The highest BCUT2D eigenvalue weighted by atomic mass is 35.5. The number of hydrogen-bond donors (Lipinski definition) is 3. The fourth-order valence-electron chi connectivity index (χ4n) is 2.82. The molecule has 182 valence electrons. The molecule has 0 aliphatic rings. The summed E-state index contributed by atoms with van der Waals surface area (Å²) in [6, 6.07) is 15.2. The SMILES string of the molecule is NC(=O)CCCCC(=O)N(c1ccc(CCl)cc1)c1ccc(CCl)cc1.OCCOCCO. The molecule has 0 spiro atoms. The first-order valence-corrected chi connectivity index (χ1v) is 11.7. The molecule has 33 heavy (non-hydrogen) atoms. The van der Waals surface area contributed by atoms with Gasteiger partial charge in [-0.2, -0.15) is 0 Å². The predicted molar refractivity (Wildman–Crippen MR) is 132 cm³/mol. The van der Waals surface area contributed by atoms with Crippen LogP contribution in [-0.4, -0.2) is 48.5 Å². The molecule has 2 aromatic rings. The lowest BCUT2D eigenvalue weighted by Crippen LogP contribution is -2.25. The molecule has 0 bridgehead atoms.